The highest BCUT2D eigenvalue weighted by Crippen LogP contribution is 2.09. The maximum absolute atomic E-state index is 11.0. The first-order valence-corrected chi connectivity index (χ1v) is 3.68. The van der Waals surface area contributed by atoms with E-state index in [1.165, 1.54) is 7.11 Å². The average Bonchev–Trinajstić information content (AvgIpc) is 2.53. The first kappa shape index (κ1) is 8.49. The van der Waals surface area contributed by atoms with Gasteiger partial charge in [0.05, 0.1) is 19.6 Å². The van der Waals surface area contributed by atoms with Gasteiger partial charge in [0.25, 0.3) is 0 Å². The van der Waals surface area contributed by atoms with Crippen LogP contribution in [0.15, 0.2) is 0 Å². The zero-order valence-corrected chi connectivity index (χ0v) is 6.79. The Bertz CT molecular complexity index is 143. The van der Waals surface area contributed by atoms with E-state index in [0.717, 1.165) is 6.54 Å². The van der Waals surface area contributed by atoms with Crippen molar-refractivity contribution >= 4 is 5.97 Å². The van der Waals surface area contributed by atoms with Crippen molar-refractivity contribution in [1.29, 1.82) is 0 Å². The minimum absolute atomic E-state index is 0.164. The molecule has 0 radical (unpaired) electrons. The lowest BCUT2D eigenvalue weighted by molar-refractivity contribution is -0.149. The van der Waals surface area contributed by atoms with Gasteiger partial charge in [-0.3, -0.25) is 10.1 Å². The number of hydrogen-bond acceptors (Lipinski definition) is 4. The summed E-state index contributed by atoms with van der Waals surface area (Å²) in [7, 11) is 1.38. The molecule has 11 heavy (non-hydrogen) atoms. The Morgan fingerprint density at radius 2 is 2.55 bits per heavy atom. The Morgan fingerprint density at radius 3 is 3.00 bits per heavy atom. The second-order valence-electron chi connectivity index (χ2n) is 2.56. The van der Waals surface area contributed by atoms with Gasteiger partial charge in [-0.05, 0) is 6.92 Å². The molecule has 0 bridgehead atoms. The van der Waals surface area contributed by atoms with Crippen LogP contribution in [0.4, 0.5) is 0 Å². The summed E-state index contributed by atoms with van der Waals surface area (Å²) in [5.41, 5.74) is 0. The number of rotatable bonds is 2. The van der Waals surface area contributed by atoms with Crippen LogP contribution in [-0.4, -0.2) is 32.5 Å². The third-order valence-electron chi connectivity index (χ3n) is 1.77. The first-order chi connectivity index (χ1) is 5.25. The summed E-state index contributed by atoms with van der Waals surface area (Å²) in [5, 5.41) is 3.05. The van der Waals surface area contributed by atoms with Crippen LogP contribution in [0.1, 0.15) is 6.92 Å². The van der Waals surface area contributed by atoms with E-state index in [4.69, 9.17) is 4.74 Å². The highest BCUT2D eigenvalue weighted by molar-refractivity contribution is 5.72. The molecule has 2 unspecified atom stereocenters. The standard InChI is InChI=1S/C7H13NO3/c1-5(7(9)10-2)6-8-3-4-11-6/h5-6,8H,3-4H2,1-2H3. The van der Waals surface area contributed by atoms with Crippen LogP contribution in [0, 0.1) is 5.92 Å². The number of methoxy groups -OCH3 is 1. The van der Waals surface area contributed by atoms with Crippen molar-refractivity contribution in [1.82, 2.24) is 5.32 Å². The van der Waals surface area contributed by atoms with Crippen LogP contribution < -0.4 is 5.32 Å². The van der Waals surface area contributed by atoms with E-state index < -0.39 is 0 Å². The molecule has 1 rings (SSSR count). The molecule has 0 saturated carbocycles. The van der Waals surface area contributed by atoms with Crippen LogP contribution in [0.25, 0.3) is 0 Å². The molecule has 1 aliphatic heterocycles. The maximum atomic E-state index is 11.0. The van der Waals surface area contributed by atoms with Gasteiger partial charge in [-0.2, -0.15) is 0 Å². The molecule has 0 amide bonds. The van der Waals surface area contributed by atoms with Gasteiger partial charge in [-0.15, -0.1) is 0 Å². The molecule has 2 atom stereocenters. The van der Waals surface area contributed by atoms with Gasteiger partial charge < -0.3 is 9.47 Å². The Labute approximate surface area is 65.9 Å². The molecule has 0 aromatic heterocycles. The fourth-order valence-corrected chi connectivity index (χ4v) is 1.08. The van der Waals surface area contributed by atoms with Gasteiger partial charge in [0.1, 0.15) is 6.23 Å². The Balaban J connectivity index is 2.39. The van der Waals surface area contributed by atoms with Crippen LogP contribution in [-0.2, 0) is 14.3 Å². The molecule has 0 aliphatic carbocycles. The first-order valence-electron chi connectivity index (χ1n) is 3.68. The minimum atomic E-state index is -0.232. The second-order valence-corrected chi connectivity index (χ2v) is 2.56. The van der Waals surface area contributed by atoms with Gasteiger partial charge in [-0.1, -0.05) is 0 Å². The SMILES string of the molecule is COC(=O)C(C)C1NCCO1. The van der Waals surface area contributed by atoms with E-state index in [-0.39, 0.29) is 18.1 Å². The number of carbonyl (C=O) groups is 1. The quantitative estimate of drug-likeness (QED) is 0.564. The monoisotopic (exact) mass is 159 g/mol. The lowest BCUT2D eigenvalue weighted by atomic mass is 10.1. The van der Waals surface area contributed by atoms with Crippen molar-refractivity contribution in [3.05, 3.63) is 0 Å². The molecular weight excluding hydrogens is 146 g/mol. The molecule has 0 aromatic carbocycles. The smallest absolute Gasteiger partial charge is 0.312 e. The Kier molecular flexibility index (Phi) is 2.84. The Morgan fingerprint density at radius 1 is 1.82 bits per heavy atom. The molecule has 1 N–H and O–H groups in total. The predicted molar refractivity (Wildman–Crippen MR) is 38.9 cm³/mol. The zero-order chi connectivity index (χ0) is 8.27. The number of esters is 1. The van der Waals surface area contributed by atoms with Crippen molar-refractivity contribution in [3.63, 3.8) is 0 Å². The summed E-state index contributed by atoms with van der Waals surface area (Å²) >= 11 is 0. The van der Waals surface area contributed by atoms with Crippen molar-refractivity contribution < 1.29 is 14.3 Å². The van der Waals surface area contributed by atoms with Crippen LogP contribution in [0.3, 0.4) is 0 Å². The molecule has 1 fully saturated rings. The van der Waals surface area contributed by atoms with E-state index in [2.05, 4.69) is 10.1 Å². The summed E-state index contributed by atoms with van der Waals surface area (Å²) in [6.07, 6.45) is -0.164. The van der Waals surface area contributed by atoms with Crippen molar-refractivity contribution in [2.75, 3.05) is 20.3 Å². The molecule has 4 nitrogen and oxygen atoms in total. The molecule has 1 saturated heterocycles. The Hall–Kier alpha value is -0.610. The third kappa shape index (κ3) is 1.91. The van der Waals surface area contributed by atoms with Crippen molar-refractivity contribution in [2.45, 2.75) is 13.2 Å². The average molecular weight is 159 g/mol. The highest BCUT2D eigenvalue weighted by atomic mass is 16.5. The predicted octanol–water partition coefficient (Wildman–Crippen LogP) is -0.259. The molecule has 1 aliphatic rings. The number of carbonyl (C=O) groups excluding carboxylic acids is 1. The fraction of sp³-hybridized carbons (Fsp3) is 0.857. The molecule has 1 heterocycles. The lowest BCUT2D eigenvalue weighted by Gasteiger charge is -2.15. The summed E-state index contributed by atoms with van der Waals surface area (Å²) < 4.78 is 9.79. The van der Waals surface area contributed by atoms with Gasteiger partial charge in [0.15, 0.2) is 0 Å². The number of hydrogen-bond donors (Lipinski definition) is 1. The molecular formula is C7H13NO3. The van der Waals surface area contributed by atoms with Gasteiger partial charge in [-0.25, -0.2) is 0 Å². The topological polar surface area (TPSA) is 47.6 Å². The summed E-state index contributed by atoms with van der Waals surface area (Å²) in [6.45, 7) is 3.27. The van der Waals surface area contributed by atoms with E-state index in [1.807, 2.05) is 0 Å². The highest BCUT2D eigenvalue weighted by Gasteiger charge is 2.27. The number of ether oxygens (including phenoxy) is 2. The molecule has 0 aromatic rings. The lowest BCUT2D eigenvalue weighted by Crippen LogP contribution is -2.35. The van der Waals surface area contributed by atoms with E-state index in [9.17, 15) is 4.79 Å². The molecule has 64 valence electrons. The zero-order valence-electron chi connectivity index (χ0n) is 6.79. The second kappa shape index (κ2) is 3.69. The molecule has 0 spiro atoms. The van der Waals surface area contributed by atoms with Crippen molar-refractivity contribution in [3.8, 4) is 0 Å². The van der Waals surface area contributed by atoms with Gasteiger partial charge in [0, 0.05) is 6.54 Å². The maximum Gasteiger partial charge on any atom is 0.312 e. The van der Waals surface area contributed by atoms with Crippen LogP contribution >= 0.6 is 0 Å². The largest absolute Gasteiger partial charge is 0.469 e. The van der Waals surface area contributed by atoms with E-state index in [1.54, 1.807) is 6.92 Å². The normalized spacial score (nSPS) is 26.5. The van der Waals surface area contributed by atoms with E-state index >= 15 is 0 Å². The summed E-state index contributed by atoms with van der Waals surface area (Å²) in [4.78, 5) is 11.0. The van der Waals surface area contributed by atoms with Crippen molar-refractivity contribution in [2.24, 2.45) is 5.92 Å². The summed E-state index contributed by atoms with van der Waals surface area (Å²) in [6, 6.07) is 0. The van der Waals surface area contributed by atoms with Gasteiger partial charge >= 0.3 is 5.97 Å². The summed E-state index contributed by atoms with van der Waals surface area (Å²) in [5.74, 6) is -0.452. The molecule has 4 heteroatoms. The minimum Gasteiger partial charge on any atom is -0.469 e. The number of nitrogens with one attached hydrogen (secondary N) is 1. The van der Waals surface area contributed by atoms with Crippen LogP contribution in [0.2, 0.25) is 0 Å². The third-order valence-corrected chi connectivity index (χ3v) is 1.77. The van der Waals surface area contributed by atoms with Gasteiger partial charge in [0.2, 0.25) is 0 Å². The fourth-order valence-electron chi connectivity index (χ4n) is 1.08. The van der Waals surface area contributed by atoms with E-state index in [0.29, 0.717) is 6.61 Å². The van der Waals surface area contributed by atoms with Crippen LogP contribution in [0.5, 0.6) is 0 Å².